The Morgan fingerprint density at radius 1 is 1.00 bits per heavy atom. The van der Waals surface area contributed by atoms with Crippen molar-refractivity contribution in [2.45, 2.75) is 18.4 Å². The van der Waals surface area contributed by atoms with Crippen LogP contribution in [0.15, 0.2) is 101 Å². The Labute approximate surface area is 276 Å². The van der Waals surface area contributed by atoms with Crippen molar-refractivity contribution in [2.24, 2.45) is 5.10 Å². The number of benzene rings is 4. The van der Waals surface area contributed by atoms with Gasteiger partial charge in [0.05, 0.1) is 28.8 Å². The predicted octanol–water partition coefficient (Wildman–Crippen LogP) is 4.61. The standard InChI is InChI=1S/C32H30ClN5O8S/c1-22-8-14-27(17-28(22)38(41)42)47(43,44)37(29-16-25(33)11-15-30(29)45-2)20-31(39)36-35-19-24-9-12-26(13-10-24)46-21-32(40)34-18-23-6-4-3-5-7-23/h3-17,19H,18,20-21H2,1-2H3,(H,34,40)(H,36,39)/b35-19-. The highest BCUT2D eigenvalue weighted by Gasteiger charge is 2.31. The van der Waals surface area contributed by atoms with Crippen LogP contribution in [0, 0.1) is 17.0 Å². The summed E-state index contributed by atoms with van der Waals surface area (Å²) in [7, 11) is -3.23. The molecule has 2 amide bonds. The van der Waals surface area contributed by atoms with Crippen molar-refractivity contribution in [2.75, 3.05) is 24.6 Å². The molecular weight excluding hydrogens is 650 g/mol. The molecule has 0 aliphatic heterocycles. The quantitative estimate of drug-likeness (QED) is 0.111. The minimum absolute atomic E-state index is 0.0632. The predicted molar refractivity (Wildman–Crippen MR) is 176 cm³/mol. The van der Waals surface area contributed by atoms with Gasteiger partial charge in [-0.15, -0.1) is 0 Å². The Balaban J connectivity index is 1.43. The molecule has 0 unspecified atom stereocenters. The first-order valence-corrected chi connectivity index (χ1v) is 15.8. The van der Waals surface area contributed by atoms with Gasteiger partial charge in [-0.1, -0.05) is 48.0 Å². The number of halogens is 1. The third kappa shape index (κ3) is 9.28. The fraction of sp³-hybridized carbons (Fsp3) is 0.156. The van der Waals surface area contributed by atoms with Crippen LogP contribution in [0.4, 0.5) is 11.4 Å². The number of hydrogen-bond donors (Lipinski definition) is 2. The van der Waals surface area contributed by atoms with Gasteiger partial charge in [-0.3, -0.25) is 24.0 Å². The Bertz CT molecular complexity index is 1890. The average molecular weight is 680 g/mol. The highest BCUT2D eigenvalue weighted by atomic mass is 35.5. The fourth-order valence-electron chi connectivity index (χ4n) is 4.22. The van der Waals surface area contributed by atoms with E-state index >= 15 is 0 Å². The molecule has 0 aromatic heterocycles. The second-order valence-corrected chi connectivity index (χ2v) is 12.2. The first-order chi connectivity index (χ1) is 22.5. The van der Waals surface area contributed by atoms with E-state index in [2.05, 4.69) is 15.8 Å². The van der Waals surface area contributed by atoms with Crippen LogP contribution in [0.25, 0.3) is 0 Å². The van der Waals surface area contributed by atoms with E-state index < -0.39 is 38.0 Å². The van der Waals surface area contributed by atoms with E-state index in [0.29, 0.717) is 17.9 Å². The topological polar surface area (TPSA) is 170 Å². The number of rotatable bonds is 14. The first-order valence-electron chi connectivity index (χ1n) is 13.9. The van der Waals surface area contributed by atoms with Crippen molar-refractivity contribution in [3.63, 3.8) is 0 Å². The van der Waals surface area contributed by atoms with Crippen LogP contribution in [-0.4, -0.2) is 51.6 Å². The molecule has 244 valence electrons. The third-order valence-electron chi connectivity index (χ3n) is 6.65. The van der Waals surface area contributed by atoms with Crippen molar-refractivity contribution < 1.29 is 32.4 Å². The lowest BCUT2D eigenvalue weighted by Gasteiger charge is -2.25. The molecule has 0 saturated carbocycles. The number of nitro benzene ring substituents is 1. The molecule has 0 aliphatic carbocycles. The second kappa shape index (κ2) is 15.7. The number of sulfonamides is 1. The molecule has 4 aromatic rings. The zero-order valence-corrected chi connectivity index (χ0v) is 26.8. The number of ether oxygens (including phenoxy) is 2. The summed E-state index contributed by atoms with van der Waals surface area (Å²) in [5.41, 5.74) is 3.62. The highest BCUT2D eigenvalue weighted by molar-refractivity contribution is 7.92. The molecule has 0 spiro atoms. The number of amides is 2. The van der Waals surface area contributed by atoms with Crippen molar-refractivity contribution in [3.05, 3.63) is 123 Å². The summed E-state index contributed by atoms with van der Waals surface area (Å²) in [6.45, 7) is 0.917. The van der Waals surface area contributed by atoms with Crippen LogP contribution in [-0.2, 0) is 26.2 Å². The lowest BCUT2D eigenvalue weighted by atomic mass is 10.2. The Morgan fingerprint density at radius 2 is 1.72 bits per heavy atom. The summed E-state index contributed by atoms with van der Waals surface area (Å²) in [6.07, 6.45) is 1.33. The summed E-state index contributed by atoms with van der Waals surface area (Å²) >= 11 is 6.15. The molecular formula is C32H30ClN5O8S. The summed E-state index contributed by atoms with van der Waals surface area (Å²) in [5, 5.41) is 18.3. The first kappa shape index (κ1) is 34.4. The van der Waals surface area contributed by atoms with Crippen molar-refractivity contribution in [3.8, 4) is 11.5 Å². The number of carbonyl (C=O) groups is 2. The molecule has 0 bridgehead atoms. The SMILES string of the molecule is COc1ccc(Cl)cc1N(CC(=O)N/N=C\c1ccc(OCC(=O)NCc2ccccc2)cc1)S(=O)(=O)c1ccc(C)c([N+](=O)[O-])c1. The van der Waals surface area contributed by atoms with Gasteiger partial charge in [-0.05, 0) is 66.6 Å². The zero-order valence-electron chi connectivity index (χ0n) is 25.3. The zero-order chi connectivity index (χ0) is 34.0. The van der Waals surface area contributed by atoms with Crippen LogP contribution in [0.1, 0.15) is 16.7 Å². The normalized spacial score (nSPS) is 11.1. The number of hydrazone groups is 1. The van der Waals surface area contributed by atoms with Crippen LogP contribution in [0.5, 0.6) is 11.5 Å². The monoisotopic (exact) mass is 679 g/mol. The smallest absolute Gasteiger partial charge is 0.273 e. The molecule has 4 rings (SSSR count). The molecule has 47 heavy (non-hydrogen) atoms. The van der Waals surface area contributed by atoms with E-state index in [4.69, 9.17) is 21.1 Å². The lowest BCUT2D eigenvalue weighted by molar-refractivity contribution is -0.385. The van der Waals surface area contributed by atoms with Crippen molar-refractivity contribution >= 4 is 51.0 Å². The van der Waals surface area contributed by atoms with Gasteiger partial charge < -0.3 is 14.8 Å². The molecule has 0 atom stereocenters. The summed E-state index contributed by atoms with van der Waals surface area (Å²) in [5.74, 6) is -0.579. The summed E-state index contributed by atoms with van der Waals surface area (Å²) < 4.78 is 39.2. The Kier molecular flexibility index (Phi) is 11.5. The van der Waals surface area contributed by atoms with E-state index in [1.165, 1.54) is 50.6 Å². The van der Waals surface area contributed by atoms with E-state index in [9.17, 15) is 28.1 Å². The average Bonchev–Trinajstić information content (AvgIpc) is 3.06. The maximum atomic E-state index is 13.8. The van der Waals surface area contributed by atoms with E-state index in [1.54, 1.807) is 24.3 Å². The Hall–Kier alpha value is -5.47. The molecule has 2 N–H and O–H groups in total. The third-order valence-corrected chi connectivity index (χ3v) is 8.64. The van der Waals surface area contributed by atoms with Gasteiger partial charge in [0.15, 0.2) is 6.61 Å². The number of nitrogens with one attached hydrogen (secondary N) is 2. The number of hydrogen-bond acceptors (Lipinski definition) is 9. The van der Waals surface area contributed by atoms with Crippen LogP contribution < -0.4 is 24.5 Å². The number of nitro groups is 1. The van der Waals surface area contributed by atoms with Gasteiger partial charge >= 0.3 is 0 Å². The minimum atomic E-state index is -4.55. The van der Waals surface area contributed by atoms with Crippen molar-refractivity contribution in [1.82, 2.24) is 10.7 Å². The summed E-state index contributed by atoms with van der Waals surface area (Å²) in [4.78, 5) is 35.5. The number of carbonyl (C=O) groups excluding carboxylic acids is 2. The minimum Gasteiger partial charge on any atom is -0.495 e. The van der Waals surface area contributed by atoms with Crippen LogP contribution in [0.3, 0.4) is 0 Å². The van der Waals surface area contributed by atoms with Crippen LogP contribution in [0.2, 0.25) is 5.02 Å². The summed E-state index contributed by atoms with van der Waals surface area (Å²) in [6, 6.07) is 23.6. The molecule has 0 radical (unpaired) electrons. The molecule has 15 heteroatoms. The Morgan fingerprint density at radius 3 is 2.40 bits per heavy atom. The van der Waals surface area contributed by atoms with E-state index in [0.717, 1.165) is 15.9 Å². The molecule has 0 fully saturated rings. The lowest BCUT2D eigenvalue weighted by Crippen LogP contribution is -2.39. The van der Waals surface area contributed by atoms with E-state index in [-0.39, 0.29) is 34.5 Å². The van der Waals surface area contributed by atoms with Gasteiger partial charge in [0.1, 0.15) is 18.0 Å². The van der Waals surface area contributed by atoms with Gasteiger partial charge in [0, 0.05) is 23.2 Å². The van der Waals surface area contributed by atoms with Gasteiger partial charge in [-0.2, -0.15) is 5.10 Å². The molecule has 0 saturated heterocycles. The van der Waals surface area contributed by atoms with Gasteiger partial charge in [0.25, 0.3) is 27.5 Å². The number of aryl methyl sites for hydroxylation is 1. The number of nitrogens with zero attached hydrogens (tertiary/aromatic N) is 3. The molecule has 0 heterocycles. The number of anilines is 1. The molecule has 4 aromatic carbocycles. The maximum Gasteiger partial charge on any atom is 0.273 e. The fourth-order valence-corrected chi connectivity index (χ4v) is 5.83. The number of methoxy groups -OCH3 is 1. The largest absolute Gasteiger partial charge is 0.495 e. The molecule has 13 nitrogen and oxygen atoms in total. The van der Waals surface area contributed by atoms with Gasteiger partial charge in [0.2, 0.25) is 0 Å². The van der Waals surface area contributed by atoms with E-state index in [1.807, 2.05) is 30.3 Å². The molecule has 0 aliphatic rings. The van der Waals surface area contributed by atoms with Crippen molar-refractivity contribution in [1.29, 1.82) is 0 Å². The van der Waals surface area contributed by atoms with Gasteiger partial charge in [-0.25, -0.2) is 13.8 Å². The van der Waals surface area contributed by atoms with Crippen LogP contribution >= 0.6 is 11.6 Å². The maximum absolute atomic E-state index is 13.8. The second-order valence-electron chi connectivity index (χ2n) is 9.95. The highest BCUT2D eigenvalue weighted by Crippen LogP contribution is 2.35.